The third-order valence-electron chi connectivity index (χ3n) is 5.61. The van der Waals surface area contributed by atoms with Gasteiger partial charge in [0.1, 0.15) is 5.82 Å². The summed E-state index contributed by atoms with van der Waals surface area (Å²) in [4.78, 5) is 29.6. The minimum Gasteiger partial charge on any atom is -0.329 e. The summed E-state index contributed by atoms with van der Waals surface area (Å²) in [6, 6.07) is 11.0. The third kappa shape index (κ3) is 4.11. The number of benzene rings is 2. The number of amides is 2. The summed E-state index contributed by atoms with van der Waals surface area (Å²) in [5, 5.41) is 0. The quantitative estimate of drug-likeness (QED) is 0.573. The second kappa shape index (κ2) is 8.71. The summed E-state index contributed by atoms with van der Waals surface area (Å²) in [5.41, 5.74) is 6.84. The lowest BCUT2D eigenvalue weighted by Gasteiger charge is -2.16. The van der Waals surface area contributed by atoms with E-state index in [0.29, 0.717) is 24.2 Å². The Bertz CT molecular complexity index is 1290. The zero-order valence-corrected chi connectivity index (χ0v) is 18.8. The topological polar surface area (TPSA) is 113 Å². The van der Waals surface area contributed by atoms with Crippen molar-refractivity contribution in [3.63, 3.8) is 0 Å². The predicted octanol–water partition coefficient (Wildman–Crippen LogP) is 2.22. The number of rotatable bonds is 5. The van der Waals surface area contributed by atoms with Crippen LogP contribution in [0.4, 0.5) is 0 Å². The molecule has 9 nitrogen and oxygen atoms in total. The molecule has 0 bridgehead atoms. The van der Waals surface area contributed by atoms with Gasteiger partial charge in [0.05, 0.1) is 15.9 Å². The number of hydrazine groups is 1. The molecule has 1 fully saturated rings. The Hall–Kier alpha value is -3.24. The molecule has 1 aromatic heterocycles. The lowest BCUT2D eigenvalue weighted by atomic mass is 10.2. The minimum atomic E-state index is -3.64. The third-order valence-corrected chi connectivity index (χ3v) is 7.50. The Kier molecular flexibility index (Phi) is 5.98. The van der Waals surface area contributed by atoms with E-state index in [-0.39, 0.29) is 10.5 Å². The van der Waals surface area contributed by atoms with Gasteiger partial charge in [0, 0.05) is 30.8 Å². The molecule has 32 heavy (non-hydrogen) atoms. The van der Waals surface area contributed by atoms with Gasteiger partial charge in [-0.1, -0.05) is 6.07 Å². The van der Waals surface area contributed by atoms with Crippen molar-refractivity contribution in [3.05, 3.63) is 59.4 Å². The van der Waals surface area contributed by atoms with Crippen molar-refractivity contribution in [3.8, 4) is 0 Å². The van der Waals surface area contributed by atoms with Crippen molar-refractivity contribution in [2.24, 2.45) is 0 Å². The van der Waals surface area contributed by atoms with Gasteiger partial charge in [0.15, 0.2) is 0 Å². The molecular weight excluding hydrogens is 430 g/mol. The fourth-order valence-corrected chi connectivity index (χ4v) is 5.49. The van der Waals surface area contributed by atoms with E-state index in [9.17, 15) is 18.0 Å². The van der Waals surface area contributed by atoms with Crippen molar-refractivity contribution in [1.82, 2.24) is 24.7 Å². The van der Waals surface area contributed by atoms with Crippen LogP contribution in [-0.4, -0.2) is 47.2 Å². The molecule has 0 radical (unpaired) electrons. The zero-order chi connectivity index (χ0) is 22.9. The summed E-state index contributed by atoms with van der Waals surface area (Å²) < 4.78 is 28.9. The second-order valence-corrected chi connectivity index (χ2v) is 9.59. The summed E-state index contributed by atoms with van der Waals surface area (Å²) in [6.45, 7) is 5.66. The molecule has 0 saturated carbocycles. The number of hydrogen-bond donors (Lipinski definition) is 2. The number of sulfonamides is 1. The molecule has 168 valence electrons. The largest absolute Gasteiger partial charge is 0.329 e. The van der Waals surface area contributed by atoms with Crippen LogP contribution in [0.3, 0.4) is 0 Å². The van der Waals surface area contributed by atoms with E-state index in [4.69, 9.17) is 0 Å². The highest BCUT2D eigenvalue weighted by atomic mass is 32.2. The maximum atomic E-state index is 12.7. The van der Waals surface area contributed by atoms with Crippen LogP contribution in [0.1, 0.15) is 46.3 Å². The van der Waals surface area contributed by atoms with E-state index in [1.807, 2.05) is 24.5 Å². The fourth-order valence-electron chi connectivity index (χ4n) is 3.92. The first-order chi connectivity index (χ1) is 15.3. The number of carbonyl (C=O) groups excluding carboxylic acids is 2. The number of imidazole rings is 1. The van der Waals surface area contributed by atoms with E-state index < -0.39 is 21.8 Å². The van der Waals surface area contributed by atoms with E-state index >= 15 is 0 Å². The molecule has 0 atom stereocenters. The molecule has 0 aliphatic carbocycles. The molecule has 1 aliphatic heterocycles. The molecule has 2 amide bonds. The molecule has 1 aliphatic rings. The van der Waals surface area contributed by atoms with Crippen molar-refractivity contribution < 1.29 is 18.0 Å². The van der Waals surface area contributed by atoms with Gasteiger partial charge < -0.3 is 4.57 Å². The van der Waals surface area contributed by atoms with Crippen LogP contribution in [0.25, 0.3) is 11.0 Å². The van der Waals surface area contributed by atoms with Gasteiger partial charge >= 0.3 is 0 Å². The average molecular weight is 456 g/mol. The van der Waals surface area contributed by atoms with Gasteiger partial charge in [0.25, 0.3) is 11.8 Å². The van der Waals surface area contributed by atoms with E-state index in [1.54, 1.807) is 12.1 Å². The van der Waals surface area contributed by atoms with Crippen molar-refractivity contribution >= 4 is 32.9 Å². The average Bonchev–Trinajstić information content (AvgIpc) is 3.44. The number of nitrogens with zero attached hydrogens (tertiary/aromatic N) is 3. The van der Waals surface area contributed by atoms with E-state index in [1.165, 1.54) is 28.6 Å². The molecule has 0 unspecified atom stereocenters. The highest BCUT2D eigenvalue weighted by Gasteiger charge is 2.27. The lowest BCUT2D eigenvalue weighted by Crippen LogP contribution is -2.41. The molecule has 2 heterocycles. The smallest absolute Gasteiger partial charge is 0.269 e. The van der Waals surface area contributed by atoms with Crippen LogP contribution in [-0.2, 0) is 16.6 Å². The highest BCUT2D eigenvalue weighted by molar-refractivity contribution is 7.89. The van der Waals surface area contributed by atoms with Gasteiger partial charge in [-0.15, -0.1) is 0 Å². The number of aromatic nitrogens is 2. The van der Waals surface area contributed by atoms with Gasteiger partial charge in [-0.2, -0.15) is 4.31 Å². The molecule has 2 aromatic carbocycles. The Morgan fingerprint density at radius 3 is 2.31 bits per heavy atom. The predicted molar refractivity (Wildman–Crippen MR) is 120 cm³/mol. The van der Waals surface area contributed by atoms with E-state index in [0.717, 1.165) is 30.7 Å². The first-order valence-corrected chi connectivity index (χ1v) is 11.9. The Balaban J connectivity index is 1.46. The van der Waals surface area contributed by atoms with Gasteiger partial charge in [-0.3, -0.25) is 20.4 Å². The van der Waals surface area contributed by atoms with Crippen molar-refractivity contribution in [2.45, 2.75) is 38.1 Å². The van der Waals surface area contributed by atoms with Crippen LogP contribution < -0.4 is 10.9 Å². The Labute approximate surface area is 186 Å². The minimum absolute atomic E-state index is 0.0608. The molecule has 3 aromatic rings. The molecule has 4 rings (SSSR count). The van der Waals surface area contributed by atoms with Gasteiger partial charge in [0.2, 0.25) is 10.0 Å². The monoisotopic (exact) mass is 455 g/mol. The normalized spacial score (nSPS) is 14.6. The number of fused-ring (bicyclic) bond motifs is 1. The van der Waals surface area contributed by atoms with Crippen LogP contribution >= 0.6 is 0 Å². The Morgan fingerprint density at radius 1 is 1.00 bits per heavy atom. The van der Waals surface area contributed by atoms with Crippen LogP contribution in [0.15, 0.2) is 47.4 Å². The number of nitrogens with one attached hydrogen (secondary N) is 2. The molecule has 10 heteroatoms. The number of aryl methyl sites for hydroxylation is 2. The summed E-state index contributed by atoms with van der Waals surface area (Å²) in [7, 11) is -3.64. The van der Waals surface area contributed by atoms with Crippen molar-refractivity contribution in [2.75, 3.05) is 13.1 Å². The maximum Gasteiger partial charge on any atom is 0.269 e. The molecular formula is C22H25N5O4S. The van der Waals surface area contributed by atoms with Gasteiger partial charge in [-0.25, -0.2) is 13.4 Å². The fraction of sp³-hybridized carbons (Fsp3) is 0.318. The van der Waals surface area contributed by atoms with Crippen molar-refractivity contribution in [1.29, 1.82) is 0 Å². The lowest BCUT2D eigenvalue weighted by molar-refractivity contribution is 0.0846. The van der Waals surface area contributed by atoms with Crippen LogP contribution in [0.2, 0.25) is 0 Å². The highest BCUT2D eigenvalue weighted by Crippen LogP contribution is 2.21. The zero-order valence-electron chi connectivity index (χ0n) is 18.0. The maximum absolute atomic E-state index is 12.7. The SMILES string of the molecule is CCn1c(C)nc2cc(C(=O)NNC(=O)c3cccc(S(=O)(=O)N4CCCC4)c3)ccc21. The molecule has 2 N–H and O–H groups in total. The second-order valence-electron chi connectivity index (χ2n) is 7.65. The summed E-state index contributed by atoms with van der Waals surface area (Å²) in [6.07, 6.45) is 1.66. The number of carbonyl (C=O) groups is 2. The Morgan fingerprint density at radius 2 is 1.66 bits per heavy atom. The summed E-state index contributed by atoms with van der Waals surface area (Å²) >= 11 is 0. The molecule has 0 spiro atoms. The summed E-state index contributed by atoms with van der Waals surface area (Å²) in [5.74, 6) is -0.245. The van der Waals surface area contributed by atoms with Crippen LogP contribution in [0, 0.1) is 6.92 Å². The first-order valence-electron chi connectivity index (χ1n) is 10.5. The van der Waals surface area contributed by atoms with E-state index in [2.05, 4.69) is 15.8 Å². The standard InChI is InChI=1S/C22H25N5O4S/c1-3-27-15(2)23-19-14-17(9-10-20(19)27)22(29)25-24-21(28)16-7-6-8-18(13-16)32(30,31)26-11-4-5-12-26/h6-10,13-14H,3-5,11-12H2,1-2H3,(H,24,28)(H,25,29). The van der Waals surface area contributed by atoms with Gasteiger partial charge in [-0.05, 0) is 63.1 Å². The van der Waals surface area contributed by atoms with Crippen LogP contribution in [0.5, 0.6) is 0 Å². The first kappa shape index (κ1) is 22.0. The molecule has 1 saturated heterocycles. The number of hydrogen-bond acceptors (Lipinski definition) is 5.